The summed E-state index contributed by atoms with van der Waals surface area (Å²) in [6.07, 6.45) is 6.95. The minimum absolute atomic E-state index is 0. The standard InChI is InChI=1S/C16H24N4O3S.ClH/c1-23-15(22)4-2-3-14-19-20-16(24-14)18-13(21)9-10-7-11-5-6-12(8-10)17-11;/h10-12,17H,2-9H2,1H3,(H,18,20,21);1H. The van der Waals surface area contributed by atoms with E-state index in [4.69, 9.17) is 0 Å². The van der Waals surface area contributed by atoms with Gasteiger partial charge in [0.25, 0.3) is 0 Å². The molecule has 0 aromatic carbocycles. The summed E-state index contributed by atoms with van der Waals surface area (Å²) in [6, 6.07) is 1.20. The Morgan fingerprint density at radius 3 is 2.68 bits per heavy atom. The van der Waals surface area contributed by atoms with Gasteiger partial charge in [-0.15, -0.1) is 22.6 Å². The third kappa shape index (κ3) is 5.90. The number of carbonyl (C=O) groups excluding carboxylic acids is 2. The molecule has 2 fully saturated rings. The van der Waals surface area contributed by atoms with E-state index in [9.17, 15) is 9.59 Å². The van der Waals surface area contributed by atoms with Crippen LogP contribution in [0.3, 0.4) is 0 Å². The summed E-state index contributed by atoms with van der Waals surface area (Å²) in [7, 11) is 1.38. The van der Waals surface area contributed by atoms with Gasteiger partial charge in [-0.05, 0) is 38.0 Å². The van der Waals surface area contributed by atoms with Gasteiger partial charge < -0.3 is 15.4 Å². The molecule has 2 aliphatic heterocycles. The minimum Gasteiger partial charge on any atom is -0.469 e. The number of carbonyl (C=O) groups is 2. The molecule has 3 rings (SSSR count). The lowest BCUT2D eigenvalue weighted by molar-refractivity contribution is -0.140. The topological polar surface area (TPSA) is 93.2 Å². The van der Waals surface area contributed by atoms with Crippen LogP contribution in [-0.4, -0.2) is 41.3 Å². The number of hydrogen-bond donors (Lipinski definition) is 2. The molecule has 140 valence electrons. The van der Waals surface area contributed by atoms with Gasteiger partial charge in [0.1, 0.15) is 5.01 Å². The van der Waals surface area contributed by atoms with Crippen molar-refractivity contribution in [2.45, 2.75) is 63.5 Å². The van der Waals surface area contributed by atoms with E-state index in [1.165, 1.54) is 31.3 Å². The second-order valence-corrected chi connectivity index (χ2v) is 7.72. The van der Waals surface area contributed by atoms with Crippen LogP contribution in [-0.2, 0) is 20.7 Å². The predicted octanol–water partition coefficient (Wildman–Crippen LogP) is 2.31. The van der Waals surface area contributed by atoms with Crippen LogP contribution in [0.4, 0.5) is 5.13 Å². The van der Waals surface area contributed by atoms with Crippen molar-refractivity contribution < 1.29 is 14.3 Å². The van der Waals surface area contributed by atoms with Gasteiger partial charge in [0.05, 0.1) is 7.11 Å². The molecule has 1 amide bonds. The first-order valence-electron chi connectivity index (χ1n) is 8.57. The first-order chi connectivity index (χ1) is 11.6. The molecule has 25 heavy (non-hydrogen) atoms. The number of hydrogen-bond acceptors (Lipinski definition) is 7. The van der Waals surface area contributed by atoms with Crippen molar-refractivity contribution in [2.75, 3.05) is 12.4 Å². The zero-order valence-electron chi connectivity index (χ0n) is 14.3. The number of fused-ring (bicyclic) bond motifs is 2. The molecular formula is C16H25ClN4O3S. The highest BCUT2D eigenvalue weighted by molar-refractivity contribution is 7.15. The van der Waals surface area contributed by atoms with Crippen molar-refractivity contribution in [3.8, 4) is 0 Å². The molecule has 0 spiro atoms. The molecule has 0 radical (unpaired) electrons. The van der Waals surface area contributed by atoms with Crippen molar-refractivity contribution in [1.82, 2.24) is 15.5 Å². The van der Waals surface area contributed by atoms with Crippen LogP contribution in [0.2, 0.25) is 0 Å². The number of nitrogens with one attached hydrogen (secondary N) is 2. The van der Waals surface area contributed by atoms with E-state index in [1.54, 1.807) is 0 Å². The average molecular weight is 389 g/mol. The highest BCUT2D eigenvalue weighted by Gasteiger charge is 2.34. The number of aromatic nitrogens is 2. The molecule has 2 N–H and O–H groups in total. The van der Waals surface area contributed by atoms with E-state index in [0.717, 1.165) is 17.8 Å². The molecule has 7 nitrogen and oxygen atoms in total. The monoisotopic (exact) mass is 388 g/mol. The maximum absolute atomic E-state index is 12.2. The first-order valence-corrected chi connectivity index (χ1v) is 9.39. The van der Waals surface area contributed by atoms with Crippen LogP contribution in [0.25, 0.3) is 0 Å². The summed E-state index contributed by atoms with van der Waals surface area (Å²) in [6.45, 7) is 0. The van der Waals surface area contributed by atoms with Gasteiger partial charge in [-0.3, -0.25) is 9.59 Å². The Hall–Kier alpha value is -1.25. The molecule has 1 aromatic rings. The Morgan fingerprint density at radius 2 is 2.00 bits per heavy atom. The third-order valence-electron chi connectivity index (χ3n) is 4.76. The molecule has 2 bridgehead atoms. The van der Waals surface area contributed by atoms with Crippen LogP contribution in [0.1, 0.15) is 50.0 Å². The summed E-state index contributed by atoms with van der Waals surface area (Å²) in [5, 5.41) is 15.9. The SMILES string of the molecule is COC(=O)CCCc1nnc(NC(=O)CC2CC3CCC(C2)N3)s1.Cl. The highest BCUT2D eigenvalue weighted by Crippen LogP contribution is 2.32. The second kappa shape index (κ2) is 9.45. The maximum atomic E-state index is 12.2. The van der Waals surface area contributed by atoms with Crippen molar-refractivity contribution >= 4 is 40.8 Å². The fourth-order valence-electron chi connectivity index (χ4n) is 3.67. The number of piperidine rings is 1. The molecule has 2 atom stereocenters. The molecule has 2 saturated heterocycles. The second-order valence-electron chi connectivity index (χ2n) is 6.66. The molecule has 0 aliphatic carbocycles. The minimum atomic E-state index is -0.219. The van der Waals surface area contributed by atoms with Crippen molar-refractivity contribution in [1.29, 1.82) is 0 Å². The summed E-state index contributed by atoms with van der Waals surface area (Å²) in [5.74, 6) is 0.277. The van der Waals surface area contributed by atoms with Gasteiger partial charge >= 0.3 is 5.97 Å². The number of nitrogens with zero attached hydrogens (tertiary/aromatic N) is 2. The Kier molecular flexibility index (Phi) is 7.58. The number of amides is 1. The fraction of sp³-hybridized carbons (Fsp3) is 0.750. The molecule has 2 unspecified atom stereocenters. The average Bonchev–Trinajstić information content (AvgIpc) is 3.13. The van der Waals surface area contributed by atoms with Crippen LogP contribution < -0.4 is 10.6 Å². The normalized spacial score (nSPS) is 24.4. The number of halogens is 1. The number of methoxy groups -OCH3 is 1. The number of ether oxygens (including phenoxy) is 1. The highest BCUT2D eigenvalue weighted by atomic mass is 35.5. The molecule has 2 aliphatic rings. The van der Waals surface area contributed by atoms with Crippen molar-refractivity contribution in [2.24, 2.45) is 5.92 Å². The van der Waals surface area contributed by atoms with E-state index in [0.29, 0.717) is 48.8 Å². The molecular weight excluding hydrogens is 364 g/mol. The number of aryl methyl sites for hydroxylation is 1. The van der Waals surface area contributed by atoms with Crippen LogP contribution >= 0.6 is 23.7 Å². The Morgan fingerprint density at radius 1 is 1.28 bits per heavy atom. The largest absolute Gasteiger partial charge is 0.469 e. The lowest BCUT2D eigenvalue weighted by Crippen LogP contribution is -2.39. The fourth-order valence-corrected chi connectivity index (χ4v) is 4.46. The van der Waals surface area contributed by atoms with E-state index >= 15 is 0 Å². The quantitative estimate of drug-likeness (QED) is 0.696. The lowest BCUT2D eigenvalue weighted by Gasteiger charge is -2.28. The Balaban J connectivity index is 0.00000225. The summed E-state index contributed by atoms with van der Waals surface area (Å²) in [4.78, 5) is 23.3. The number of esters is 1. The predicted molar refractivity (Wildman–Crippen MR) is 98.0 cm³/mol. The molecule has 3 heterocycles. The third-order valence-corrected chi connectivity index (χ3v) is 5.66. The van der Waals surface area contributed by atoms with Crippen LogP contribution in [0.5, 0.6) is 0 Å². The van der Waals surface area contributed by atoms with Gasteiger partial charge in [0.15, 0.2) is 0 Å². The van der Waals surface area contributed by atoms with Crippen LogP contribution in [0.15, 0.2) is 0 Å². The summed E-state index contributed by atoms with van der Waals surface area (Å²) in [5.41, 5.74) is 0. The smallest absolute Gasteiger partial charge is 0.305 e. The van der Waals surface area contributed by atoms with Gasteiger partial charge in [-0.25, -0.2) is 0 Å². The van der Waals surface area contributed by atoms with Gasteiger partial charge in [-0.1, -0.05) is 11.3 Å². The summed E-state index contributed by atoms with van der Waals surface area (Å²) >= 11 is 1.38. The Labute approximate surface area is 157 Å². The zero-order valence-corrected chi connectivity index (χ0v) is 16.0. The van der Waals surface area contributed by atoms with Crippen molar-refractivity contribution in [3.05, 3.63) is 5.01 Å². The maximum Gasteiger partial charge on any atom is 0.305 e. The van der Waals surface area contributed by atoms with E-state index in [2.05, 4.69) is 25.6 Å². The van der Waals surface area contributed by atoms with E-state index in [1.807, 2.05) is 0 Å². The molecule has 1 aromatic heterocycles. The summed E-state index contributed by atoms with van der Waals surface area (Å²) < 4.78 is 4.60. The van der Waals surface area contributed by atoms with Gasteiger partial charge in [0.2, 0.25) is 11.0 Å². The number of rotatable bonds is 7. The van der Waals surface area contributed by atoms with Crippen LogP contribution in [0, 0.1) is 5.92 Å². The van der Waals surface area contributed by atoms with E-state index < -0.39 is 0 Å². The molecule has 0 saturated carbocycles. The zero-order chi connectivity index (χ0) is 16.9. The van der Waals surface area contributed by atoms with Gasteiger partial charge in [-0.2, -0.15) is 0 Å². The van der Waals surface area contributed by atoms with Gasteiger partial charge in [0, 0.05) is 31.3 Å². The number of anilines is 1. The lowest BCUT2D eigenvalue weighted by atomic mass is 9.89. The first kappa shape index (κ1) is 20.1. The Bertz CT molecular complexity index is 586. The van der Waals surface area contributed by atoms with Crippen molar-refractivity contribution in [3.63, 3.8) is 0 Å². The van der Waals surface area contributed by atoms with E-state index in [-0.39, 0.29) is 24.3 Å². The molecule has 9 heteroatoms.